The molecule has 1 aromatic carbocycles. The van der Waals surface area contributed by atoms with E-state index in [-0.39, 0.29) is 13.0 Å². The number of amides is 1. The molecule has 2 aliphatic rings. The van der Waals surface area contributed by atoms with E-state index in [1.807, 2.05) is 18.2 Å². The summed E-state index contributed by atoms with van der Waals surface area (Å²) >= 11 is 1.45. The molecule has 2 atom stereocenters. The van der Waals surface area contributed by atoms with Crippen LogP contribution in [0.1, 0.15) is 43.2 Å². The summed E-state index contributed by atoms with van der Waals surface area (Å²) in [6.07, 6.45) is 3.38. The predicted octanol–water partition coefficient (Wildman–Crippen LogP) is 1.89. The Hall–Kier alpha value is -2.51. The van der Waals surface area contributed by atoms with Crippen LogP contribution in [-0.2, 0) is 30.6 Å². The first kappa shape index (κ1) is 28.5. The highest BCUT2D eigenvalue weighted by Crippen LogP contribution is 2.28. The Balaban J connectivity index is 1.37. The van der Waals surface area contributed by atoms with Gasteiger partial charge in [0, 0.05) is 56.8 Å². The molecule has 9 nitrogen and oxygen atoms in total. The van der Waals surface area contributed by atoms with Crippen LogP contribution < -0.4 is 5.48 Å². The third kappa shape index (κ3) is 7.11. The second-order valence-corrected chi connectivity index (χ2v) is 13.4. The minimum atomic E-state index is -3.75. The van der Waals surface area contributed by atoms with E-state index >= 15 is 0 Å². The SMILES string of the molecule is C[C@@](CCc1nc2ccc(C#CC#CC3CN(CCO)C3)cc2s1)(C(=O)NOC1CCCCO1)S(C)(=O)=O. The van der Waals surface area contributed by atoms with E-state index in [0.717, 1.165) is 53.0 Å². The molecule has 1 aromatic heterocycles. The van der Waals surface area contributed by atoms with Crippen LogP contribution in [0, 0.1) is 29.6 Å². The molecule has 2 fully saturated rings. The Kier molecular flexibility index (Phi) is 9.42. The molecule has 2 saturated heterocycles. The lowest BCUT2D eigenvalue weighted by Gasteiger charge is -2.35. The molecule has 3 heterocycles. The Morgan fingerprint density at radius 2 is 2.16 bits per heavy atom. The summed E-state index contributed by atoms with van der Waals surface area (Å²) < 4.78 is 29.9. The summed E-state index contributed by atoms with van der Waals surface area (Å²) in [4.78, 5) is 25.0. The van der Waals surface area contributed by atoms with Crippen molar-refractivity contribution in [2.24, 2.45) is 5.92 Å². The van der Waals surface area contributed by atoms with Gasteiger partial charge in [-0.3, -0.25) is 9.69 Å². The van der Waals surface area contributed by atoms with Crippen molar-refractivity contribution in [2.75, 3.05) is 39.1 Å². The van der Waals surface area contributed by atoms with E-state index in [9.17, 15) is 13.2 Å². The first-order valence-electron chi connectivity index (χ1n) is 12.7. The van der Waals surface area contributed by atoms with Gasteiger partial charge in [0.15, 0.2) is 16.1 Å². The van der Waals surface area contributed by atoms with Crippen molar-refractivity contribution in [1.29, 1.82) is 0 Å². The molecule has 0 radical (unpaired) electrons. The van der Waals surface area contributed by atoms with Crippen molar-refractivity contribution in [1.82, 2.24) is 15.4 Å². The van der Waals surface area contributed by atoms with E-state index in [1.165, 1.54) is 18.3 Å². The van der Waals surface area contributed by atoms with Gasteiger partial charge in [-0.2, -0.15) is 0 Å². The monoisotopic (exact) mass is 559 g/mol. The van der Waals surface area contributed by atoms with Crippen LogP contribution in [0.2, 0.25) is 0 Å². The van der Waals surface area contributed by atoms with Gasteiger partial charge >= 0.3 is 0 Å². The molecule has 1 amide bonds. The number of carbonyl (C=O) groups is 1. The number of thiazole rings is 1. The maximum atomic E-state index is 12.9. The van der Waals surface area contributed by atoms with Crippen molar-refractivity contribution in [2.45, 2.75) is 50.1 Å². The van der Waals surface area contributed by atoms with Gasteiger partial charge in [0.1, 0.15) is 4.75 Å². The van der Waals surface area contributed by atoms with Crippen molar-refractivity contribution < 1.29 is 27.9 Å². The number of fused-ring (bicyclic) bond motifs is 1. The molecule has 2 aliphatic heterocycles. The number of aromatic nitrogens is 1. The summed E-state index contributed by atoms with van der Waals surface area (Å²) in [5.41, 5.74) is 3.93. The molecule has 0 bridgehead atoms. The van der Waals surface area contributed by atoms with Crippen LogP contribution in [-0.4, -0.2) is 79.5 Å². The average Bonchev–Trinajstić information content (AvgIpc) is 3.28. The number of ether oxygens (including phenoxy) is 1. The number of rotatable bonds is 9. The molecule has 4 rings (SSSR count). The standard InChI is InChI=1S/C27H33N3O6S2/c1-27(38(2,33)34,26(32)29-36-25-9-5-6-16-35-25)13-12-24-28-22-11-10-20(17-23(22)37-24)7-3-4-8-21-18-30(19-21)14-15-31/h10-11,17,21,25,31H,5-6,9,12-16,18-19H2,1-2H3,(H,29,32)/t25?,27-/m1/s1. The number of hydrogen-bond donors (Lipinski definition) is 2. The molecular weight excluding hydrogens is 526 g/mol. The minimum Gasteiger partial charge on any atom is -0.395 e. The maximum absolute atomic E-state index is 12.9. The highest BCUT2D eigenvalue weighted by atomic mass is 32.2. The number of hydrogen-bond acceptors (Lipinski definition) is 9. The van der Waals surface area contributed by atoms with Gasteiger partial charge in [-0.05, 0) is 56.2 Å². The van der Waals surface area contributed by atoms with E-state index in [1.54, 1.807) is 0 Å². The predicted molar refractivity (Wildman–Crippen MR) is 146 cm³/mol. The molecule has 0 spiro atoms. The lowest BCUT2D eigenvalue weighted by atomic mass is 10.0. The molecule has 0 saturated carbocycles. The minimum absolute atomic E-state index is 0.0610. The van der Waals surface area contributed by atoms with E-state index in [0.29, 0.717) is 31.9 Å². The zero-order chi connectivity index (χ0) is 27.2. The zero-order valence-corrected chi connectivity index (χ0v) is 23.3. The van der Waals surface area contributed by atoms with Gasteiger partial charge in [0.05, 0.1) is 21.8 Å². The first-order valence-corrected chi connectivity index (χ1v) is 15.4. The van der Waals surface area contributed by atoms with Crippen LogP contribution in [0.25, 0.3) is 10.2 Å². The van der Waals surface area contributed by atoms with Crippen LogP contribution in [0.5, 0.6) is 0 Å². The number of aliphatic hydroxyl groups excluding tert-OH is 1. The van der Waals surface area contributed by atoms with Gasteiger partial charge < -0.3 is 9.84 Å². The number of benzene rings is 1. The lowest BCUT2D eigenvalue weighted by Crippen LogP contribution is -2.51. The number of aryl methyl sites for hydroxylation is 1. The van der Waals surface area contributed by atoms with E-state index < -0.39 is 26.8 Å². The van der Waals surface area contributed by atoms with Crippen LogP contribution in [0.4, 0.5) is 0 Å². The Labute approximate surface area is 227 Å². The quantitative estimate of drug-likeness (QED) is 0.353. The fourth-order valence-electron chi connectivity index (χ4n) is 4.23. The third-order valence-corrected chi connectivity index (χ3v) is 9.99. The number of sulfone groups is 1. The summed E-state index contributed by atoms with van der Waals surface area (Å²) in [5.74, 6) is 11.6. The second-order valence-electron chi connectivity index (χ2n) is 9.84. The number of β-amino-alcohol motifs (C(OH)–C–C–N with tert-alkyl or cyclic N) is 1. The average molecular weight is 560 g/mol. The van der Waals surface area contributed by atoms with Crippen molar-refractivity contribution >= 4 is 37.3 Å². The van der Waals surface area contributed by atoms with Crippen molar-refractivity contribution in [3.8, 4) is 23.7 Å². The molecule has 2 aromatic rings. The summed E-state index contributed by atoms with van der Waals surface area (Å²) in [5, 5.41) is 9.67. The number of aliphatic hydroxyl groups is 1. The van der Waals surface area contributed by atoms with Crippen molar-refractivity contribution in [3.63, 3.8) is 0 Å². The summed E-state index contributed by atoms with van der Waals surface area (Å²) in [6.45, 7) is 4.55. The normalized spacial score (nSPS) is 19.9. The second kappa shape index (κ2) is 12.6. The summed E-state index contributed by atoms with van der Waals surface area (Å²) in [6, 6.07) is 5.70. The number of likely N-dealkylation sites (tertiary alicyclic amines) is 1. The number of nitrogens with one attached hydrogen (secondary N) is 1. The van der Waals surface area contributed by atoms with Crippen LogP contribution >= 0.6 is 11.3 Å². The van der Waals surface area contributed by atoms with E-state index in [4.69, 9.17) is 14.7 Å². The maximum Gasteiger partial charge on any atom is 0.264 e. The molecule has 38 heavy (non-hydrogen) atoms. The van der Waals surface area contributed by atoms with Gasteiger partial charge in [-0.15, -0.1) is 11.3 Å². The van der Waals surface area contributed by atoms with E-state index in [2.05, 4.69) is 39.0 Å². The summed E-state index contributed by atoms with van der Waals surface area (Å²) in [7, 11) is -3.75. The molecule has 2 N–H and O–H groups in total. The zero-order valence-electron chi connectivity index (χ0n) is 21.7. The van der Waals surface area contributed by atoms with Crippen molar-refractivity contribution in [3.05, 3.63) is 28.8 Å². The van der Waals surface area contributed by atoms with Gasteiger partial charge in [-0.25, -0.2) is 23.7 Å². The number of hydroxylamine groups is 1. The third-order valence-electron chi connectivity index (χ3n) is 6.89. The largest absolute Gasteiger partial charge is 0.395 e. The molecular formula is C27H33N3O6S2. The Morgan fingerprint density at radius 1 is 1.34 bits per heavy atom. The Bertz CT molecular complexity index is 1370. The number of nitrogens with zero attached hydrogens (tertiary/aromatic N) is 2. The Morgan fingerprint density at radius 3 is 2.87 bits per heavy atom. The lowest BCUT2D eigenvalue weighted by molar-refractivity contribution is -0.201. The molecule has 11 heteroatoms. The number of carbonyl (C=O) groups excluding carboxylic acids is 1. The highest BCUT2D eigenvalue weighted by molar-refractivity contribution is 7.92. The topological polar surface area (TPSA) is 118 Å². The van der Waals surface area contributed by atoms with Gasteiger partial charge in [-0.1, -0.05) is 11.8 Å². The molecule has 204 valence electrons. The fourth-order valence-corrected chi connectivity index (χ4v) is 6.09. The van der Waals surface area contributed by atoms with Gasteiger partial charge in [0.2, 0.25) is 0 Å². The van der Waals surface area contributed by atoms with Crippen LogP contribution in [0.3, 0.4) is 0 Å². The smallest absolute Gasteiger partial charge is 0.264 e. The van der Waals surface area contributed by atoms with Gasteiger partial charge in [0.25, 0.3) is 5.91 Å². The highest BCUT2D eigenvalue weighted by Gasteiger charge is 2.44. The fraction of sp³-hybridized carbons (Fsp3) is 0.556. The molecule has 1 unspecified atom stereocenters. The first-order chi connectivity index (χ1) is 18.2. The van der Waals surface area contributed by atoms with Crippen LogP contribution in [0.15, 0.2) is 18.2 Å². The molecule has 0 aliphatic carbocycles.